The van der Waals surface area contributed by atoms with Crippen LogP contribution < -0.4 is 5.73 Å². The van der Waals surface area contributed by atoms with Crippen molar-refractivity contribution in [1.82, 2.24) is 9.55 Å². The minimum atomic E-state index is -0.227. The molecule has 21 heavy (non-hydrogen) atoms. The molecule has 4 rings (SSSR count). The fraction of sp³-hybridized carbons (Fsp3) is 0.188. The number of aromatic nitrogens is 2. The predicted octanol–water partition coefficient (Wildman–Crippen LogP) is 4.52. The number of anilines is 1. The standard InChI is InChI=1S/C16H13BrFN3/c17-12-7-9(1-5-13(12)19)16-20-14-6-2-10(18)8-15(14)21(16)11-3-4-11/h1-2,5-8,11H,3-4,19H2. The normalized spacial score (nSPS) is 14.8. The Bertz CT molecular complexity index is 852. The summed E-state index contributed by atoms with van der Waals surface area (Å²) in [6, 6.07) is 11.0. The highest BCUT2D eigenvalue weighted by Crippen LogP contribution is 2.41. The summed E-state index contributed by atoms with van der Waals surface area (Å²) in [5.74, 6) is 0.646. The van der Waals surface area contributed by atoms with Crippen LogP contribution in [-0.2, 0) is 0 Å². The molecule has 2 aromatic carbocycles. The first kappa shape index (κ1) is 12.8. The van der Waals surface area contributed by atoms with Gasteiger partial charge in [-0.2, -0.15) is 0 Å². The molecule has 3 aromatic rings. The SMILES string of the molecule is Nc1ccc(-c2nc3ccc(F)cc3n2C2CC2)cc1Br. The molecule has 1 aliphatic carbocycles. The van der Waals surface area contributed by atoms with Crippen molar-refractivity contribution in [3.63, 3.8) is 0 Å². The van der Waals surface area contributed by atoms with Crippen molar-refractivity contribution in [3.05, 3.63) is 46.7 Å². The van der Waals surface area contributed by atoms with E-state index in [1.807, 2.05) is 18.2 Å². The highest BCUT2D eigenvalue weighted by atomic mass is 79.9. The second-order valence-corrected chi connectivity index (χ2v) is 6.26. The van der Waals surface area contributed by atoms with Gasteiger partial charge in [0, 0.05) is 21.8 Å². The molecule has 1 heterocycles. The van der Waals surface area contributed by atoms with E-state index in [9.17, 15) is 4.39 Å². The fourth-order valence-electron chi connectivity index (χ4n) is 2.64. The first-order chi connectivity index (χ1) is 10.1. The molecule has 1 aliphatic rings. The third-order valence-corrected chi connectivity index (χ3v) is 4.51. The Morgan fingerprint density at radius 2 is 2.00 bits per heavy atom. The monoisotopic (exact) mass is 345 g/mol. The molecule has 0 unspecified atom stereocenters. The van der Waals surface area contributed by atoms with Crippen molar-refractivity contribution in [1.29, 1.82) is 0 Å². The number of hydrogen-bond acceptors (Lipinski definition) is 2. The quantitative estimate of drug-likeness (QED) is 0.693. The van der Waals surface area contributed by atoms with E-state index < -0.39 is 0 Å². The Labute approximate surface area is 129 Å². The van der Waals surface area contributed by atoms with Gasteiger partial charge in [-0.25, -0.2) is 9.37 Å². The zero-order chi connectivity index (χ0) is 14.6. The van der Waals surface area contributed by atoms with Crippen molar-refractivity contribution < 1.29 is 4.39 Å². The van der Waals surface area contributed by atoms with Crippen LogP contribution in [0.2, 0.25) is 0 Å². The Kier molecular flexibility index (Phi) is 2.79. The van der Waals surface area contributed by atoms with Gasteiger partial charge in [0.05, 0.1) is 11.0 Å². The van der Waals surface area contributed by atoms with Gasteiger partial charge >= 0.3 is 0 Å². The summed E-state index contributed by atoms with van der Waals surface area (Å²) >= 11 is 3.45. The van der Waals surface area contributed by atoms with Gasteiger partial charge in [0.1, 0.15) is 11.6 Å². The molecule has 1 fully saturated rings. The van der Waals surface area contributed by atoms with Crippen LogP contribution in [-0.4, -0.2) is 9.55 Å². The van der Waals surface area contributed by atoms with E-state index in [0.29, 0.717) is 11.7 Å². The van der Waals surface area contributed by atoms with Crippen molar-refractivity contribution in [2.75, 3.05) is 5.73 Å². The van der Waals surface area contributed by atoms with Crippen LogP contribution in [0.4, 0.5) is 10.1 Å². The molecular weight excluding hydrogens is 333 g/mol. The average molecular weight is 346 g/mol. The van der Waals surface area contributed by atoms with Crippen molar-refractivity contribution >= 4 is 32.7 Å². The molecule has 0 amide bonds. The maximum absolute atomic E-state index is 13.6. The van der Waals surface area contributed by atoms with E-state index in [2.05, 4.69) is 20.5 Å². The Morgan fingerprint density at radius 1 is 1.19 bits per heavy atom. The van der Waals surface area contributed by atoms with E-state index >= 15 is 0 Å². The number of imidazole rings is 1. The van der Waals surface area contributed by atoms with Crippen molar-refractivity contribution in [3.8, 4) is 11.4 Å². The van der Waals surface area contributed by atoms with Gasteiger partial charge in [-0.1, -0.05) is 0 Å². The van der Waals surface area contributed by atoms with Gasteiger partial charge in [0.2, 0.25) is 0 Å². The first-order valence-electron chi connectivity index (χ1n) is 6.86. The lowest BCUT2D eigenvalue weighted by Crippen LogP contribution is -1.98. The highest BCUT2D eigenvalue weighted by molar-refractivity contribution is 9.10. The molecule has 2 N–H and O–H groups in total. The predicted molar refractivity (Wildman–Crippen MR) is 85.5 cm³/mol. The van der Waals surface area contributed by atoms with Crippen LogP contribution in [0.15, 0.2) is 40.9 Å². The maximum atomic E-state index is 13.6. The molecule has 106 valence electrons. The molecule has 0 aliphatic heterocycles. The highest BCUT2D eigenvalue weighted by Gasteiger charge is 2.29. The molecule has 0 spiro atoms. The number of fused-ring (bicyclic) bond motifs is 1. The summed E-state index contributed by atoms with van der Waals surface area (Å²) in [5.41, 5.74) is 9.21. The third-order valence-electron chi connectivity index (χ3n) is 3.82. The van der Waals surface area contributed by atoms with Crippen molar-refractivity contribution in [2.45, 2.75) is 18.9 Å². The van der Waals surface area contributed by atoms with Gasteiger partial charge in [-0.3, -0.25) is 0 Å². The second kappa shape index (κ2) is 4.56. The minimum absolute atomic E-state index is 0.227. The minimum Gasteiger partial charge on any atom is -0.398 e. The van der Waals surface area contributed by atoms with E-state index in [0.717, 1.165) is 39.7 Å². The van der Waals surface area contributed by atoms with Gasteiger partial charge in [0.15, 0.2) is 0 Å². The van der Waals surface area contributed by atoms with Crippen LogP contribution in [0.1, 0.15) is 18.9 Å². The number of halogens is 2. The van der Waals surface area contributed by atoms with Gasteiger partial charge in [0.25, 0.3) is 0 Å². The van der Waals surface area contributed by atoms with Gasteiger partial charge in [-0.15, -0.1) is 0 Å². The molecule has 1 aromatic heterocycles. The van der Waals surface area contributed by atoms with E-state index in [1.54, 1.807) is 12.1 Å². The number of rotatable bonds is 2. The average Bonchev–Trinajstić information content (AvgIpc) is 3.23. The summed E-state index contributed by atoms with van der Waals surface area (Å²) in [6.07, 6.45) is 2.23. The molecule has 0 atom stereocenters. The Hall–Kier alpha value is -1.88. The Morgan fingerprint density at radius 3 is 2.71 bits per heavy atom. The largest absolute Gasteiger partial charge is 0.398 e. The molecule has 0 radical (unpaired) electrons. The van der Waals surface area contributed by atoms with E-state index in [1.165, 1.54) is 6.07 Å². The Balaban J connectivity index is 1.99. The first-order valence-corrected chi connectivity index (χ1v) is 7.65. The fourth-order valence-corrected chi connectivity index (χ4v) is 3.02. The van der Waals surface area contributed by atoms with Crippen LogP contribution in [0, 0.1) is 5.82 Å². The summed E-state index contributed by atoms with van der Waals surface area (Å²) in [5, 5.41) is 0. The lowest BCUT2D eigenvalue weighted by Gasteiger charge is -2.09. The lowest BCUT2D eigenvalue weighted by atomic mass is 10.2. The molecule has 1 saturated carbocycles. The zero-order valence-electron chi connectivity index (χ0n) is 11.2. The summed E-state index contributed by atoms with van der Waals surface area (Å²) < 4.78 is 16.6. The van der Waals surface area contributed by atoms with Crippen molar-refractivity contribution in [2.24, 2.45) is 0 Å². The molecular formula is C16H13BrFN3. The molecule has 0 saturated heterocycles. The molecule has 3 nitrogen and oxygen atoms in total. The maximum Gasteiger partial charge on any atom is 0.141 e. The number of nitrogen functional groups attached to an aromatic ring is 1. The number of nitrogens with two attached hydrogens (primary N) is 1. The van der Waals surface area contributed by atoms with Gasteiger partial charge < -0.3 is 10.3 Å². The third kappa shape index (κ3) is 2.12. The van der Waals surface area contributed by atoms with E-state index in [4.69, 9.17) is 10.7 Å². The van der Waals surface area contributed by atoms with Crippen LogP contribution in [0.5, 0.6) is 0 Å². The number of benzene rings is 2. The van der Waals surface area contributed by atoms with Crippen LogP contribution in [0.3, 0.4) is 0 Å². The summed E-state index contributed by atoms with van der Waals surface area (Å²) in [4.78, 5) is 4.69. The number of hydrogen-bond donors (Lipinski definition) is 1. The summed E-state index contributed by atoms with van der Waals surface area (Å²) in [6.45, 7) is 0. The topological polar surface area (TPSA) is 43.8 Å². The molecule has 5 heteroatoms. The van der Waals surface area contributed by atoms with Gasteiger partial charge in [-0.05, 0) is 65.2 Å². The number of nitrogens with zero attached hydrogens (tertiary/aromatic N) is 2. The molecule has 0 bridgehead atoms. The lowest BCUT2D eigenvalue weighted by molar-refractivity contribution is 0.628. The van der Waals surface area contributed by atoms with Crippen LogP contribution in [0.25, 0.3) is 22.4 Å². The second-order valence-electron chi connectivity index (χ2n) is 5.41. The van der Waals surface area contributed by atoms with E-state index in [-0.39, 0.29) is 5.82 Å². The summed E-state index contributed by atoms with van der Waals surface area (Å²) in [7, 11) is 0. The van der Waals surface area contributed by atoms with Crippen LogP contribution >= 0.6 is 15.9 Å². The zero-order valence-corrected chi connectivity index (χ0v) is 12.8. The smallest absolute Gasteiger partial charge is 0.141 e.